The number of nitrogens with one attached hydrogen (secondary N) is 1. The van der Waals surface area contributed by atoms with Crippen molar-refractivity contribution in [2.75, 3.05) is 7.05 Å². The second-order valence-electron chi connectivity index (χ2n) is 2.75. The van der Waals surface area contributed by atoms with Gasteiger partial charge in [0.05, 0.1) is 0 Å². The molecule has 94 valence electrons. The molecule has 0 bridgehead atoms. The maximum absolute atomic E-state index is 10.9. The lowest BCUT2D eigenvalue weighted by atomic mass is 10.2. The van der Waals surface area contributed by atoms with Crippen molar-refractivity contribution in [3.05, 3.63) is 35.9 Å². The van der Waals surface area contributed by atoms with Gasteiger partial charge in [-0.1, -0.05) is 18.2 Å². The van der Waals surface area contributed by atoms with Crippen molar-refractivity contribution in [1.82, 2.24) is 5.32 Å². The molecule has 0 saturated heterocycles. The van der Waals surface area contributed by atoms with Crippen LogP contribution < -0.4 is 5.32 Å². The van der Waals surface area contributed by atoms with Crippen LogP contribution in [-0.4, -0.2) is 30.2 Å². The SMILES string of the molecule is CNC(=O)c1ccccc1.O=C(O)C(F)(F)F. The molecule has 1 amide bonds. The quantitative estimate of drug-likeness (QED) is 0.795. The molecule has 7 heteroatoms. The van der Waals surface area contributed by atoms with Gasteiger partial charge in [0.25, 0.3) is 5.91 Å². The van der Waals surface area contributed by atoms with E-state index >= 15 is 0 Å². The minimum Gasteiger partial charge on any atom is -0.475 e. The van der Waals surface area contributed by atoms with Crippen LogP contribution in [0.25, 0.3) is 0 Å². The van der Waals surface area contributed by atoms with Gasteiger partial charge in [-0.25, -0.2) is 4.79 Å². The molecule has 0 aliphatic rings. The number of carboxylic acid groups (broad SMARTS) is 1. The van der Waals surface area contributed by atoms with Gasteiger partial charge in [-0.3, -0.25) is 4.79 Å². The largest absolute Gasteiger partial charge is 0.490 e. The normalized spacial score (nSPS) is 9.88. The zero-order chi connectivity index (χ0) is 13.5. The molecule has 1 aromatic rings. The van der Waals surface area contributed by atoms with Gasteiger partial charge in [0, 0.05) is 12.6 Å². The average Bonchev–Trinajstić information content (AvgIpc) is 2.28. The van der Waals surface area contributed by atoms with E-state index in [9.17, 15) is 18.0 Å². The first-order valence-electron chi connectivity index (χ1n) is 4.36. The number of aliphatic carboxylic acids is 1. The number of amides is 1. The highest BCUT2D eigenvalue weighted by Crippen LogP contribution is 2.13. The predicted molar refractivity (Wildman–Crippen MR) is 53.5 cm³/mol. The van der Waals surface area contributed by atoms with Gasteiger partial charge in [0.15, 0.2) is 0 Å². The van der Waals surface area contributed by atoms with Crippen molar-refractivity contribution in [2.45, 2.75) is 6.18 Å². The van der Waals surface area contributed by atoms with Crippen molar-refractivity contribution < 1.29 is 27.9 Å². The van der Waals surface area contributed by atoms with Gasteiger partial charge in [0.2, 0.25) is 0 Å². The van der Waals surface area contributed by atoms with E-state index in [1.807, 2.05) is 18.2 Å². The fraction of sp³-hybridized carbons (Fsp3) is 0.200. The number of benzene rings is 1. The standard InChI is InChI=1S/C8H9NO.C2HF3O2/c1-9-8(10)7-5-3-2-4-6-7;3-2(4,5)1(6)7/h2-6H,1H3,(H,9,10);(H,6,7). The highest BCUT2D eigenvalue weighted by molar-refractivity contribution is 5.93. The molecule has 0 atom stereocenters. The fourth-order valence-electron chi connectivity index (χ4n) is 0.734. The van der Waals surface area contributed by atoms with Gasteiger partial charge in [0.1, 0.15) is 0 Å². The zero-order valence-electron chi connectivity index (χ0n) is 8.78. The summed E-state index contributed by atoms with van der Waals surface area (Å²) in [6.45, 7) is 0. The molecule has 0 unspecified atom stereocenters. The van der Waals surface area contributed by atoms with E-state index in [0.717, 1.165) is 0 Å². The predicted octanol–water partition coefficient (Wildman–Crippen LogP) is 1.68. The third-order valence-corrected chi connectivity index (χ3v) is 1.51. The summed E-state index contributed by atoms with van der Waals surface area (Å²) < 4.78 is 31.7. The highest BCUT2D eigenvalue weighted by Gasteiger charge is 2.38. The zero-order valence-corrected chi connectivity index (χ0v) is 8.78. The molecular formula is C10H10F3NO3. The molecule has 1 rings (SSSR count). The van der Waals surface area contributed by atoms with Crippen molar-refractivity contribution >= 4 is 11.9 Å². The third-order valence-electron chi connectivity index (χ3n) is 1.51. The fourth-order valence-corrected chi connectivity index (χ4v) is 0.734. The van der Waals surface area contributed by atoms with Crippen LogP contribution in [0.3, 0.4) is 0 Å². The molecule has 0 saturated carbocycles. The van der Waals surface area contributed by atoms with Gasteiger partial charge >= 0.3 is 12.1 Å². The minimum absolute atomic E-state index is 0.0411. The first-order chi connectivity index (χ1) is 7.79. The van der Waals surface area contributed by atoms with Crippen molar-refractivity contribution in [3.8, 4) is 0 Å². The van der Waals surface area contributed by atoms with E-state index in [2.05, 4.69) is 5.32 Å². The lowest BCUT2D eigenvalue weighted by molar-refractivity contribution is -0.192. The Morgan fingerprint density at radius 3 is 1.88 bits per heavy atom. The van der Waals surface area contributed by atoms with Gasteiger partial charge in [-0.15, -0.1) is 0 Å². The van der Waals surface area contributed by atoms with Crippen molar-refractivity contribution in [3.63, 3.8) is 0 Å². The smallest absolute Gasteiger partial charge is 0.475 e. The number of carbonyl (C=O) groups is 2. The van der Waals surface area contributed by atoms with Crippen molar-refractivity contribution in [2.24, 2.45) is 0 Å². The van der Waals surface area contributed by atoms with Crippen molar-refractivity contribution in [1.29, 1.82) is 0 Å². The maximum Gasteiger partial charge on any atom is 0.490 e. The first kappa shape index (κ1) is 14.9. The Bertz CT molecular complexity index is 376. The lowest BCUT2D eigenvalue weighted by Crippen LogP contribution is -2.21. The van der Waals surface area contributed by atoms with Gasteiger partial charge in [-0.05, 0) is 12.1 Å². The molecule has 0 spiro atoms. The number of carboxylic acids is 1. The van der Waals surface area contributed by atoms with E-state index in [0.29, 0.717) is 5.56 Å². The monoisotopic (exact) mass is 249 g/mol. The molecule has 0 heterocycles. The number of alkyl halides is 3. The maximum atomic E-state index is 10.9. The average molecular weight is 249 g/mol. The Morgan fingerprint density at radius 2 is 1.59 bits per heavy atom. The van der Waals surface area contributed by atoms with Crippen LogP contribution in [0.2, 0.25) is 0 Å². The molecule has 2 N–H and O–H groups in total. The van der Waals surface area contributed by atoms with Gasteiger partial charge < -0.3 is 10.4 Å². The second-order valence-corrected chi connectivity index (χ2v) is 2.75. The minimum atomic E-state index is -5.08. The van der Waals surface area contributed by atoms with Crippen LogP contribution >= 0.6 is 0 Å². The summed E-state index contributed by atoms with van der Waals surface area (Å²) in [5.74, 6) is -2.80. The molecule has 0 aliphatic carbocycles. The molecule has 17 heavy (non-hydrogen) atoms. The molecule has 0 fully saturated rings. The lowest BCUT2D eigenvalue weighted by Gasteiger charge is -1.96. The summed E-state index contributed by atoms with van der Waals surface area (Å²) >= 11 is 0. The summed E-state index contributed by atoms with van der Waals surface area (Å²) in [5.41, 5.74) is 0.699. The molecule has 0 aromatic heterocycles. The second kappa shape index (κ2) is 6.51. The van der Waals surface area contributed by atoms with Crippen LogP contribution in [0.5, 0.6) is 0 Å². The Morgan fingerprint density at radius 1 is 1.18 bits per heavy atom. The summed E-state index contributed by atoms with van der Waals surface area (Å²) in [6.07, 6.45) is -5.08. The van der Waals surface area contributed by atoms with Crippen LogP contribution in [0.15, 0.2) is 30.3 Å². The van der Waals surface area contributed by atoms with Crippen LogP contribution in [0.4, 0.5) is 13.2 Å². The van der Waals surface area contributed by atoms with E-state index < -0.39 is 12.1 Å². The number of hydrogen-bond donors (Lipinski definition) is 2. The summed E-state index contributed by atoms with van der Waals surface area (Å²) in [5, 5.41) is 9.67. The molecule has 1 aromatic carbocycles. The van der Waals surface area contributed by atoms with Crippen LogP contribution in [0.1, 0.15) is 10.4 Å². The van der Waals surface area contributed by atoms with Gasteiger partial charge in [-0.2, -0.15) is 13.2 Å². The Hall–Kier alpha value is -2.05. The highest BCUT2D eigenvalue weighted by atomic mass is 19.4. The molecule has 4 nitrogen and oxygen atoms in total. The van der Waals surface area contributed by atoms with Crippen LogP contribution in [0, 0.1) is 0 Å². The topological polar surface area (TPSA) is 66.4 Å². The Kier molecular flexibility index (Phi) is 5.73. The van der Waals surface area contributed by atoms with Crippen LogP contribution in [-0.2, 0) is 4.79 Å². The van der Waals surface area contributed by atoms with E-state index in [4.69, 9.17) is 9.90 Å². The van der Waals surface area contributed by atoms with E-state index in [1.54, 1.807) is 19.2 Å². The number of hydrogen-bond acceptors (Lipinski definition) is 2. The molecule has 0 aliphatic heterocycles. The summed E-state index contributed by atoms with van der Waals surface area (Å²) in [7, 11) is 1.62. The van der Waals surface area contributed by atoms with E-state index in [-0.39, 0.29) is 5.91 Å². The number of carbonyl (C=O) groups excluding carboxylic acids is 1. The Labute approximate surface area is 95.1 Å². The summed E-state index contributed by atoms with van der Waals surface area (Å²) in [4.78, 5) is 19.8. The molecular weight excluding hydrogens is 239 g/mol. The Balaban J connectivity index is 0.000000325. The summed E-state index contributed by atoms with van der Waals surface area (Å²) in [6, 6.07) is 9.11. The number of rotatable bonds is 1. The first-order valence-corrected chi connectivity index (χ1v) is 4.36. The van der Waals surface area contributed by atoms with E-state index in [1.165, 1.54) is 0 Å². The number of halogens is 3. The molecule has 0 radical (unpaired) electrons. The third kappa shape index (κ3) is 6.18.